The van der Waals surface area contributed by atoms with E-state index in [1.165, 1.54) is 0 Å². The van der Waals surface area contributed by atoms with Crippen LogP contribution in [0.4, 0.5) is 0 Å². The molecule has 4 heteroatoms. The second-order valence-corrected chi connectivity index (χ2v) is 8.25. The summed E-state index contributed by atoms with van der Waals surface area (Å²) in [5, 5.41) is 9.89. The number of methoxy groups -OCH3 is 2. The SMILES string of the molecule is COc1cccc(C(Oc2cc(CO)cc(C)c2C)(c2ccccc2)c2ccccc2)c1OC. The number of hydrogen-bond donors (Lipinski definition) is 1. The number of aliphatic hydroxyl groups is 1. The standard InChI is InChI=1S/C30H30O4/c1-21-18-23(20-31)19-28(22(21)2)34-30(24-12-7-5-8-13-24,25-14-9-6-10-15-25)26-16-11-17-27(32-3)29(26)33-4/h5-19,31H,20H2,1-4H3. The van der Waals surface area contributed by atoms with Crippen molar-refractivity contribution in [2.45, 2.75) is 26.1 Å². The van der Waals surface area contributed by atoms with Crippen molar-refractivity contribution in [3.05, 3.63) is 124 Å². The van der Waals surface area contributed by atoms with Crippen molar-refractivity contribution in [1.29, 1.82) is 0 Å². The van der Waals surface area contributed by atoms with E-state index in [-0.39, 0.29) is 6.61 Å². The summed E-state index contributed by atoms with van der Waals surface area (Å²) in [6, 6.07) is 30.0. The number of para-hydroxylation sites is 1. The number of hydrogen-bond acceptors (Lipinski definition) is 4. The molecule has 174 valence electrons. The van der Waals surface area contributed by atoms with Crippen LogP contribution in [0, 0.1) is 13.8 Å². The summed E-state index contributed by atoms with van der Waals surface area (Å²) >= 11 is 0. The number of rotatable bonds is 8. The highest BCUT2D eigenvalue weighted by atomic mass is 16.5. The predicted octanol–water partition coefficient (Wildman–Crippen LogP) is 6.18. The minimum Gasteiger partial charge on any atom is -0.493 e. The van der Waals surface area contributed by atoms with Gasteiger partial charge in [-0.1, -0.05) is 78.9 Å². The Morgan fingerprint density at radius 2 is 1.32 bits per heavy atom. The zero-order chi connectivity index (χ0) is 24.1. The Labute approximate surface area is 201 Å². The third kappa shape index (κ3) is 4.13. The summed E-state index contributed by atoms with van der Waals surface area (Å²) in [7, 11) is 3.28. The summed E-state index contributed by atoms with van der Waals surface area (Å²) in [5.74, 6) is 1.92. The quantitative estimate of drug-likeness (QED) is 0.323. The average molecular weight is 455 g/mol. The summed E-state index contributed by atoms with van der Waals surface area (Å²) in [5.41, 5.74) is 4.51. The molecule has 0 bridgehead atoms. The van der Waals surface area contributed by atoms with Crippen molar-refractivity contribution >= 4 is 0 Å². The first-order valence-electron chi connectivity index (χ1n) is 11.3. The van der Waals surface area contributed by atoms with Crippen LogP contribution in [0.2, 0.25) is 0 Å². The summed E-state index contributed by atoms with van der Waals surface area (Å²) in [4.78, 5) is 0. The van der Waals surface area contributed by atoms with Gasteiger partial charge in [-0.05, 0) is 42.7 Å². The van der Waals surface area contributed by atoms with Gasteiger partial charge >= 0.3 is 0 Å². The number of ether oxygens (including phenoxy) is 3. The lowest BCUT2D eigenvalue weighted by Crippen LogP contribution is -2.37. The molecule has 0 aliphatic rings. The fourth-order valence-electron chi connectivity index (χ4n) is 4.42. The normalized spacial score (nSPS) is 11.2. The highest BCUT2D eigenvalue weighted by Gasteiger charge is 2.42. The monoisotopic (exact) mass is 454 g/mol. The second kappa shape index (κ2) is 10.0. The van der Waals surface area contributed by atoms with Crippen LogP contribution in [0.1, 0.15) is 33.4 Å². The Balaban J connectivity index is 2.11. The lowest BCUT2D eigenvalue weighted by Gasteiger charge is -2.38. The van der Waals surface area contributed by atoms with Crippen LogP contribution in [-0.2, 0) is 12.2 Å². The van der Waals surface area contributed by atoms with E-state index in [0.717, 1.165) is 33.4 Å². The smallest absolute Gasteiger partial charge is 0.188 e. The summed E-state index contributed by atoms with van der Waals surface area (Å²) in [6.07, 6.45) is 0. The van der Waals surface area contributed by atoms with Crippen LogP contribution < -0.4 is 14.2 Å². The Morgan fingerprint density at radius 1 is 0.706 bits per heavy atom. The van der Waals surface area contributed by atoms with E-state index < -0.39 is 5.60 Å². The van der Waals surface area contributed by atoms with Gasteiger partial charge in [-0.25, -0.2) is 0 Å². The minimum absolute atomic E-state index is 0.0658. The maximum atomic E-state index is 9.89. The summed E-state index contributed by atoms with van der Waals surface area (Å²) in [6.45, 7) is 4.00. The van der Waals surface area contributed by atoms with E-state index >= 15 is 0 Å². The molecule has 1 N–H and O–H groups in total. The Morgan fingerprint density at radius 3 is 1.85 bits per heavy atom. The molecule has 0 aromatic heterocycles. The fraction of sp³-hybridized carbons (Fsp3) is 0.200. The molecule has 4 aromatic rings. The lowest BCUT2D eigenvalue weighted by molar-refractivity contribution is 0.148. The van der Waals surface area contributed by atoms with Crippen LogP contribution in [0.3, 0.4) is 0 Å². The zero-order valence-corrected chi connectivity index (χ0v) is 20.0. The molecule has 0 amide bonds. The molecular weight excluding hydrogens is 424 g/mol. The molecule has 0 spiro atoms. The molecule has 34 heavy (non-hydrogen) atoms. The van der Waals surface area contributed by atoms with E-state index in [1.54, 1.807) is 14.2 Å². The molecule has 4 nitrogen and oxygen atoms in total. The number of benzene rings is 4. The van der Waals surface area contributed by atoms with Gasteiger partial charge in [0, 0.05) is 11.1 Å². The van der Waals surface area contributed by atoms with Gasteiger partial charge in [-0.2, -0.15) is 0 Å². The third-order valence-electron chi connectivity index (χ3n) is 6.27. The Hall–Kier alpha value is -3.76. The van der Waals surface area contributed by atoms with E-state index in [2.05, 4.69) is 24.3 Å². The number of aliphatic hydroxyl groups excluding tert-OH is 1. The van der Waals surface area contributed by atoms with Crippen molar-refractivity contribution in [3.8, 4) is 17.2 Å². The molecule has 0 saturated carbocycles. The van der Waals surface area contributed by atoms with Crippen LogP contribution >= 0.6 is 0 Å². The van der Waals surface area contributed by atoms with Crippen molar-refractivity contribution in [2.75, 3.05) is 14.2 Å². The van der Waals surface area contributed by atoms with Crippen molar-refractivity contribution in [1.82, 2.24) is 0 Å². The highest BCUT2D eigenvalue weighted by Crippen LogP contribution is 2.48. The van der Waals surface area contributed by atoms with Crippen LogP contribution in [0.15, 0.2) is 91.0 Å². The van der Waals surface area contributed by atoms with Gasteiger partial charge < -0.3 is 19.3 Å². The molecule has 0 saturated heterocycles. The molecule has 0 heterocycles. The van der Waals surface area contributed by atoms with E-state index in [9.17, 15) is 5.11 Å². The first kappa shape index (κ1) is 23.4. The van der Waals surface area contributed by atoms with Gasteiger partial charge in [-0.15, -0.1) is 0 Å². The first-order valence-corrected chi connectivity index (χ1v) is 11.3. The van der Waals surface area contributed by atoms with Crippen molar-refractivity contribution < 1.29 is 19.3 Å². The van der Waals surface area contributed by atoms with Gasteiger partial charge in [0.15, 0.2) is 17.1 Å². The number of aryl methyl sites for hydroxylation is 1. The fourth-order valence-corrected chi connectivity index (χ4v) is 4.42. The Kier molecular flexibility index (Phi) is 6.90. The van der Waals surface area contributed by atoms with Gasteiger partial charge in [0.25, 0.3) is 0 Å². The maximum absolute atomic E-state index is 9.89. The van der Waals surface area contributed by atoms with Crippen LogP contribution in [0.25, 0.3) is 0 Å². The molecular formula is C30H30O4. The molecule has 0 aliphatic carbocycles. The first-order chi connectivity index (χ1) is 16.5. The van der Waals surface area contributed by atoms with Gasteiger partial charge in [0.05, 0.1) is 26.4 Å². The van der Waals surface area contributed by atoms with E-state index in [1.807, 2.05) is 80.6 Å². The molecule has 0 radical (unpaired) electrons. The van der Waals surface area contributed by atoms with Crippen molar-refractivity contribution in [2.24, 2.45) is 0 Å². The van der Waals surface area contributed by atoms with Crippen LogP contribution in [0.5, 0.6) is 17.2 Å². The van der Waals surface area contributed by atoms with E-state index in [4.69, 9.17) is 14.2 Å². The average Bonchev–Trinajstić information content (AvgIpc) is 2.90. The van der Waals surface area contributed by atoms with Gasteiger partial charge in [-0.3, -0.25) is 0 Å². The van der Waals surface area contributed by atoms with Gasteiger partial charge in [0.2, 0.25) is 0 Å². The summed E-state index contributed by atoms with van der Waals surface area (Å²) < 4.78 is 18.7. The lowest BCUT2D eigenvalue weighted by atomic mass is 9.79. The minimum atomic E-state index is -1.05. The zero-order valence-electron chi connectivity index (χ0n) is 20.0. The highest BCUT2D eigenvalue weighted by molar-refractivity contribution is 5.59. The van der Waals surface area contributed by atoms with Gasteiger partial charge in [0.1, 0.15) is 5.75 Å². The maximum Gasteiger partial charge on any atom is 0.188 e. The molecule has 4 rings (SSSR count). The molecule has 4 aromatic carbocycles. The largest absolute Gasteiger partial charge is 0.493 e. The molecule has 0 aliphatic heterocycles. The predicted molar refractivity (Wildman–Crippen MR) is 135 cm³/mol. The topological polar surface area (TPSA) is 47.9 Å². The Bertz CT molecular complexity index is 1210. The second-order valence-electron chi connectivity index (χ2n) is 8.25. The molecule has 0 atom stereocenters. The van der Waals surface area contributed by atoms with Crippen LogP contribution in [-0.4, -0.2) is 19.3 Å². The van der Waals surface area contributed by atoms with E-state index in [0.29, 0.717) is 17.2 Å². The van der Waals surface area contributed by atoms with Crippen molar-refractivity contribution in [3.63, 3.8) is 0 Å². The third-order valence-corrected chi connectivity index (χ3v) is 6.27. The molecule has 0 unspecified atom stereocenters. The molecule has 0 fully saturated rings.